The Bertz CT molecular complexity index is 471. The number of hydrogen-bond donors (Lipinski definition) is 1. The van der Waals surface area contributed by atoms with Gasteiger partial charge in [0.1, 0.15) is 6.33 Å². The molecule has 0 amide bonds. The van der Waals surface area contributed by atoms with Gasteiger partial charge in [-0.1, -0.05) is 0 Å². The molecule has 4 saturated carbocycles. The molecule has 1 aromatic rings. The van der Waals surface area contributed by atoms with Crippen molar-refractivity contribution < 1.29 is 0 Å². The van der Waals surface area contributed by atoms with E-state index in [1.165, 1.54) is 44.9 Å². The van der Waals surface area contributed by atoms with Gasteiger partial charge in [-0.15, -0.1) is 0 Å². The average molecular weight is 258 g/mol. The number of rotatable bonds is 1. The first-order valence-corrected chi connectivity index (χ1v) is 7.96. The van der Waals surface area contributed by atoms with Crippen LogP contribution in [0.1, 0.15) is 51.0 Å². The van der Waals surface area contributed by atoms with Crippen LogP contribution >= 0.6 is 0 Å². The Kier molecular flexibility index (Phi) is 1.98. The Hall–Kier alpha value is -1.06. The van der Waals surface area contributed by atoms with Crippen molar-refractivity contribution in [2.75, 3.05) is 11.9 Å². The zero-order chi connectivity index (χ0) is 12.4. The summed E-state index contributed by atoms with van der Waals surface area (Å²) in [7, 11) is 0. The number of aromatic nitrogens is 3. The molecule has 4 heteroatoms. The quantitative estimate of drug-likeness (QED) is 0.842. The highest BCUT2D eigenvalue weighted by atomic mass is 15.4. The van der Waals surface area contributed by atoms with E-state index in [0.717, 1.165) is 30.2 Å². The van der Waals surface area contributed by atoms with Crippen LogP contribution in [0.5, 0.6) is 0 Å². The van der Waals surface area contributed by atoms with Crippen LogP contribution in [0.3, 0.4) is 0 Å². The van der Waals surface area contributed by atoms with Crippen molar-refractivity contribution >= 4 is 5.95 Å². The van der Waals surface area contributed by atoms with Crippen LogP contribution in [-0.4, -0.2) is 21.3 Å². The molecule has 2 heterocycles. The lowest BCUT2D eigenvalue weighted by atomic mass is 9.47. The molecule has 5 aliphatic rings. The standard InChI is InChI=1S/C15H22N4/c1-2-16-14-17-9-18-19(14)13(1)15-6-10-3-11(7-15)5-12(4-10)8-15/h9-13H,1-8H2,(H,16,17,18). The number of nitrogens with one attached hydrogen (secondary N) is 1. The Morgan fingerprint density at radius 3 is 2.47 bits per heavy atom. The first-order chi connectivity index (χ1) is 9.32. The van der Waals surface area contributed by atoms with Gasteiger partial charge in [0.05, 0.1) is 6.04 Å². The fourth-order valence-electron chi connectivity index (χ4n) is 6.20. The van der Waals surface area contributed by atoms with Gasteiger partial charge in [0.15, 0.2) is 0 Å². The molecule has 6 rings (SSSR count). The van der Waals surface area contributed by atoms with Crippen molar-refractivity contribution in [1.29, 1.82) is 0 Å². The largest absolute Gasteiger partial charge is 0.354 e. The van der Waals surface area contributed by atoms with E-state index in [1.807, 2.05) is 0 Å². The molecule has 4 nitrogen and oxygen atoms in total. The summed E-state index contributed by atoms with van der Waals surface area (Å²) < 4.78 is 2.22. The van der Waals surface area contributed by atoms with Gasteiger partial charge < -0.3 is 5.32 Å². The summed E-state index contributed by atoms with van der Waals surface area (Å²) in [6.07, 6.45) is 11.9. The second-order valence-corrected chi connectivity index (χ2v) is 7.54. The summed E-state index contributed by atoms with van der Waals surface area (Å²) in [4.78, 5) is 4.38. The minimum atomic E-state index is 0.555. The predicted molar refractivity (Wildman–Crippen MR) is 72.8 cm³/mol. The van der Waals surface area contributed by atoms with Crippen molar-refractivity contribution in [2.45, 2.75) is 51.0 Å². The van der Waals surface area contributed by atoms with Gasteiger partial charge in [-0.2, -0.15) is 10.1 Å². The third-order valence-electron chi connectivity index (χ3n) is 6.36. The zero-order valence-electron chi connectivity index (χ0n) is 11.4. The van der Waals surface area contributed by atoms with E-state index in [1.54, 1.807) is 6.33 Å². The van der Waals surface area contributed by atoms with E-state index in [9.17, 15) is 0 Å². The monoisotopic (exact) mass is 258 g/mol. The molecule has 4 bridgehead atoms. The van der Waals surface area contributed by atoms with E-state index < -0.39 is 0 Å². The van der Waals surface area contributed by atoms with E-state index in [4.69, 9.17) is 0 Å². The van der Waals surface area contributed by atoms with Gasteiger partial charge in [-0.05, 0) is 68.1 Å². The van der Waals surface area contributed by atoms with Crippen molar-refractivity contribution in [2.24, 2.45) is 23.2 Å². The molecule has 0 radical (unpaired) electrons. The van der Waals surface area contributed by atoms with E-state index in [0.29, 0.717) is 11.5 Å². The van der Waals surface area contributed by atoms with E-state index >= 15 is 0 Å². The van der Waals surface area contributed by atoms with Crippen molar-refractivity contribution in [3.05, 3.63) is 6.33 Å². The summed E-state index contributed by atoms with van der Waals surface area (Å²) >= 11 is 0. The van der Waals surface area contributed by atoms with Crippen LogP contribution < -0.4 is 5.32 Å². The molecule has 1 atom stereocenters. The van der Waals surface area contributed by atoms with Gasteiger partial charge in [-0.3, -0.25) is 0 Å². The molecule has 0 aromatic carbocycles. The summed E-state index contributed by atoms with van der Waals surface area (Å²) in [5.41, 5.74) is 0.555. The van der Waals surface area contributed by atoms with Gasteiger partial charge in [0.25, 0.3) is 0 Å². The first kappa shape index (κ1) is 10.7. The lowest BCUT2D eigenvalue weighted by Crippen LogP contribution is -2.51. The third-order valence-corrected chi connectivity index (χ3v) is 6.36. The molecule has 0 saturated heterocycles. The number of hydrogen-bond acceptors (Lipinski definition) is 3. The molecule has 1 aliphatic heterocycles. The van der Waals surface area contributed by atoms with Crippen LogP contribution in [0.15, 0.2) is 6.33 Å². The molecule has 1 aromatic heterocycles. The van der Waals surface area contributed by atoms with E-state index in [2.05, 4.69) is 20.1 Å². The van der Waals surface area contributed by atoms with Crippen LogP contribution in [0.25, 0.3) is 0 Å². The molecule has 102 valence electrons. The smallest absolute Gasteiger partial charge is 0.221 e. The highest BCUT2D eigenvalue weighted by Crippen LogP contribution is 2.64. The average Bonchev–Trinajstić information content (AvgIpc) is 2.84. The topological polar surface area (TPSA) is 42.7 Å². The molecule has 1 unspecified atom stereocenters. The Balaban J connectivity index is 1.57. The molecule has 4 aliphatic carbocycles. The maximum atomic E-state index is 4.54. The van der Waals surface area contributed by atoms with Crippen LogP contribution in [0.2, 0.25) is 0 Å². The predicted octanol–water partition coefficient (Wildman–Crippen LogP) is 2.85. The number of anilines is 1. The fourth-order valence-corrected chi connectivity index (χ4v) is 6.20. The maximum absolute atomic E-state index is 4.54. The van der Waals surface area contributed by atoms with Crippen LogP contribution in [-0.2, 0) is 0 Å². The van der Waals surface area contributed by atoms with Crippen molar-refractivity contribution in [3.63, 3.8) is 0 Å². The summed E-state index contributed by atoms with van der Waals surface area (Å²) in [5, 5.41) is 7.93. The van der Waals surface area contributed by atoms with Crippen molar-refractivity contribution in [3.8, 4) is 0 Å². The molecule has 19 heavy (non-hydrogen) atoms. The molecule has 1 N–H and O–H groups in total. The Morgan fingerprint density at radius 1 is 1.11 bits per heavy atom. The highest BCUT2D eigenvalue weighted by Gasteiger charge is 2.55. The normalized spacial score (nSPS) is 46.9. The minimum Gasteiger partial charge on any atom is -0.354 e. The lowest BCUT2D eigenvalue weighted by molar-refractivity contribution is -0.0869. The number of nitrogens with zero attached hydrogens (tertiary/aromatic N) is 3. The van der Waals surface area contributed by atoms with Crippen LogP contribution in [0.4, 0.5) is 5.95 Å². The van der Waals surface area contributed by atoms with Crippen molar-refractivity contribution in [1.82, 2.24) is 14.8 Å². The minimum absolute atomic E-state index is 0.555. The Labute approximate surface area is 114 Å². The molecule has 0 spiro atoms. The molecular formula is C15H22N4. The molecule has 4 fully saturated rings. The summed E-state index contributed by atoms with van der Waals surface area (Å²) in [6, 6.07) is 0.611. The third kappa shape index (κ3) is 1.40. The second kappa shape index (κ2) is 3.53. The zero-order valence-corrected chi connectivity index (χ0v) is 11.4. The summed E-state index contributed by atoms with van der Waals surface area (Å²) in [5.74, 6) is 4.07. The van der Waals surface area contributed by atoms with Crippen LogP contribution in [0, 0.1) is 23.2 Å². The first-order valence-electron chi connectivity index (χ1n) is 7.96. The maximum Gasteiger partial charge on any atom is 0.221 e. The van der Waals surface area contributed by atoms with Gasteiger partial charge in [0.2, 0.25) is 5.95 Å². The number of fused-ring (bicyclic) bond motifs is 1. The van der Waals surface area contributed by atoms with Gasteiger partial charge >= 0.3 is 0 Å². The summed E-state index contributed by atoms with van der Waals surface area (Å²) in [6.45, 7) is 1.07. The second-order valence-electron chi connectivity index (χ2n) is 7.54. The SMILES string of the molecule is c1nc2n(n1)C(C13CC4CC(CC(C4)C1)C3)CCN2. The Morgan fingerprint density at radius 2 is 1.79 bits per heavy atom. The van der Waals surface area contributed by atoms with Gasteiger partial charge in [0, 0.05) is 6.54 Å². The lowest BCUT2D eigenvalue weighted by Gasteiger charge is -2.59. The molecular weight excluding hydrogens is 236 g/mol. The highest BCUT2D eigenvalue weighted by molar-refractivity contribution is 5.27. The van der Waals surface area contributed by atoms with Gasteiger partial charge in [-0.25, -0.2) is 4.68 Å². The fraction of sp³-hybridized carbons (Fsp3) is 0.867. The van der Waals surface area contributed by atoms with E-state index in [-0.39, 0.29) is 0 Å².